The van der Waals surface area contributed by atoms with Gasteiger partial charge in [-0.05, 0) is 61.9 Å². The Balaban J connectivity index is 1.38. The van der Waals surface area contributed by atoms with E-state index < -0.39 is 35.8 Å². The normalized spacial score (nSPS) is 22.5. The first-order valence-electron chi connectivity index (χ1n) is 14.0. The second-order valence-corrected chi connectivity index (χ2v) is 11.1. The minimum atomic E-state index is -1.08. The van der Waals surface area contributed by atoms with Crippen LogP contribution in [-0.2, 0) is 19.2 Å². The second-order valence-electron chi connectivity index (χ2n) is 11.1. The summed E-state index contributed by atoms with van der Waals surface area (Å²) < 4.78 is 5.96. The number of fused-ring (bicyclic) bond motifs is 2. The van der Waals surface area contributed by atoms with Gasteiger partial charge in [-0.1, -0.05) is 6.07 Å². The number of likely N-dealkylation sites (N-methyl/N-ethyl adjacent to an activating group) is 1. The van der Waals surface area contributed by atoms with Crippen LogP contribution in [0.2, 0.25) is 0 Å². The molecule has 0 aliphatic carbocycles. The van der Waals surface area contributed by atoms with Crippen molar-refractivity contribution < 1.29 is 33.5 Å². The maximum atomic E-state index is 13.7. The lowest BCUT2D eigenvalue weighted by Crippen LogP contribution is -2.54. The summed E-state index contributed by atoms with van der Waals surface area (Å²) in [6.45, 7) is 4.45. The van der Waals surface area contributed by atoms with Gasteiger partial charge >= 0.3 is 0 Å². The summed E-state index contributed by atoms with van der Waals surface area (Å²) in [4.78, 5) is 80.2. The number of imide groups is 2. The zero-order valence-corrected chi connectivity index (χ0v) is 23.6. The molecule has 2 aromatic carbocycles. The van der Waals surface area contributed by atoms with Crippen molar-refractivity contribution in [2.75, 3.05) is 30.4 Å². The van der Waals surface area contributed by atoms with Crippen LogP contribution in [-0.4, -0.2) is 77.5 Å². The molecule has 6 amide bonds. The van der Waals surface area contributed by atoms with Crippen LogP contribution in [0.1, 0.15) is 71.7 Å². The summed E-state index contributed by atoms with van der Waals surface area (Å²) in [5.41, 5.74) is 2.78. The average Bonchev–Trinajstić information content (AvgIpc) is 3.22. The van der Waals surface area contributed by atoms with E-state index in [-0.39, 0.29) is 41.7 Å². The summed E-state index contributed by atoms with van der Waals surface area (Å²) in [5, 5.41) is 5.58. The fraction of sp³-hybridized carbons (Fsp3) is 0.400. The van der Waals surface area contributed by atoms with Gasteiger partial charge in [0.1, 0.15) is 11.8 Å². The Morgan fingerprint density at radius 3 is 2.43 bits per heavy atom. The molecule has 0 bridgehead atoms. The van der Waals surface area contributed by atoms with E-state index in [9.17, 15) is 28.8 Å². The molecule has 12 nitrogen and oxygen atoms in total. The van der Waals surface area contributed by atoms with E-state index in [4.69, 9.17) is 4.74 Å². The van der Waals surface area contributed by atoms with Crippen LogP contribution in [0.4, 0.5) is 17.1 Å². The van der Waals surface area contributed by atoms with Crippen molar-refractivity contribution in [1.82, 2.24) is 15.1 Å². The minimum Gasteiger partial charge on any atom is -0.479 e. The summed E-state index contributed by atoms with van der Waals surface area (Å²) in [6.07, 6.45) is 0.873. The fourth-order valence-electron chi connectivity index (χ4n) is 6.29. The summed E-state index contributed by atoms with van der Waals surface area (Å²) in [7, 11) is 1.68. The van der Waals surface area contributed by atoms with Gasteiger partial charge in [0.2, 0.25) is 17.7 Å². The van der Waals surface area contributed by atoms with Crippen molar-refractivity contribution in [1.29, 1.82) is 0 Å². The van der Waals surface area contributed by atoms with E-state index >= 15 is 0 Å². The van der Waals surface area contributed by atoms with E-state index in [0.717, 1.165) is 10.5 Å². The van der Waals surface area contributed by atoms with Gasteiger partial charge in [-0.25, -0.2) is 0 Å². The maximum absolute atomic E-state index is 13.7. The van der Waals surface area contributed by atoms with Gasteiger partial charge < -0.3 is 19.9 Å². The molecule has 12 heteroatoms. The molecule has 0 radical (unpaired) electrons. The molecule has 2 N–H and O–H groups in total. The molecule has 0 spiro atoms. The van der Waals surface area contributed by atoms with Crippen molar-refractivity contribution in [3.63, 3.8) is 0 Å². The molecular formula is C30H31N5O7. The van der Waals surface area contributed by atoms with Gasteiger partial charge in [-0.15, -0.1) is 0 Å². The third kappa shape index (κ3) is 4.47. The molecule has 4 aliphatic heterocycles. The molecule has 4 heterocycles. The molecule has 0 aromatic heterocycles. The van der Waals surface area contributed by atoms with Gasteiger partial charge in [0.05, 0.1) is 22.5 Å². The number of benzene rings is 2. The number of anilines is 3. The Bertz CT molecular complexity index is 1560. The van der Waals surface area contributed by atoms with Gasteiger partial charge in [-0.2, -0.15) is 0 Å². The Hall–Kier alpha value is -4.74. The zero-order valence-electron chi connectivity index (χ0n) is 23.6. The molecule has 2 aromatic rings. The Kier molecular flexibility index (Phi) is 6.71. The summed E-state index contributed by atoms with van der Waals surface area (Å²) in [5.74, 6) is -1.88. The van der Waals surface area contributed by atoms with E-state index in [2.05, 4.69) is 10.6 Å². The number of hydrogen-bond donors (Lipinski definition) is 2. The van der Waals surface area contributed by atoms with Crippen molar-refractivity contribution in [2.24, 2.45) is 0 Å². The number of rotatable bonds is 4. The number of carbonyl (C=O) groups is 6. The Morgan fingerprint density at radius 1 is 1.00 bits per heavy atom. The van der Waals surface area contributed by atoms with Crippen LogP contribution in [0.15, 0.2) is 30.3 Å². The average molecular weight is 574 g/mol. The van der Waals surface area contributed by atoms with Crippen molar-refractivity contribution in [3.8, 4) is 5.75 Å². The maximum Gasteiger partial charge on any atom is 0.267 e. The zero-order chi connectivity index (χ0) is 29.9. The number of piperidine rings is 2. The van der Waals surface area contributed by atoms with Gasteiger partial charge in [-0.3, -0.25) is 39.0 Å². The number of hydrogen-bond acceptors (Lipinski definition) is 8. The van der Waals surface area contributed by atoms with Crippen LogP contribution in [0.5, 0.6) is 5.75 Å². The van der Waals surface area contributed by atoms with Crippen LogP contribution in [0, 0.1) is 0 Å². The van der Waals surface area contributed by atoms with Gasteiger partial charge in [0.15, 0.2) is 6.10 Å². The topological polar surface area (TPSA) is 145 Å². The van der Waals surface area contributed by atoms with Crippen molar-refractivity contribution in [2.45, 2.75) is 57.6 Å². The molecule has 42 heavy (non-hydrogen) atoms. The molecular weight excluding hydrogens is 542 g/mol. The highest BCUT2D eigenvalue weighted by Gasteiger charge is 2.46. The van der Waals surface area contributed by atoms with Gasteiger partial charge in [0.25, 0.3) is 17.7 Å². The number of nitrogens with zero attached hydrogens (tertiary/aromatic N) is 3. The highest BCUT2D eigenvalue weighted by molar-refractivity contribution is 6.25. The second kappa shape index (κ2) is 10.3. The van der Waals surface area contributed by atoms with Gasteiger partial charge in [0, 0.05) is 39.2 Å². The smallest absolute Gasteiger partial charge is 0.267 e. The number of ether oxygens (including phenoxy) is 1. The van der Waals surface area contributed by atoms with Crippen LogP contribution < -0.4 is 20.3 Å². The largest absolute Gasteiger partial charge is 0.479 e. The predicted molar refractivity (Wildman–Crippen MR) is 151 cm³/mol. The van der Waals surface area contributed by atoms with Crippen LogP contribution in [0.3, 0.4) is 0 Å². The number of carbonyl (C=O) groups excluding carboxylic acids is 6. The molecule has 0 unspecified atom stereocenters. The molecule has 218 valence electrons. The number of amides is 6. The third-order valence-electron chi connectivity index (χ3n) is 8.59. The van der Waals surface area contributed by atoms with E-state index in [0.29, 0.717) is 48.7 Å². The molecule has 6 rings (SSSR count). The SMILES string of the molecule is CC(=O)N1CCC(c2cc3c(cc2Nc2cccc4c2C(=O)N([C@H]2CCC(=O)NC2=O)C4=O)N(C)C(=O)[C@H](C)O3)CC1. The highest BCUT2D eigenvalue weighted by atomic mass is 16.5. The molecule has 2 saturated heterocycles. The fourth-order valence-corrected chi connectivity index (χ4v) is 6.29. The molecule has 2 fully saturated rings. The quantitative estimate of drug-likeness (QED) is 0.530. The van der Waals surface area contributed by atoms with Crippen molar-refractivity contribution in [3.05, 3.63) is 47.0 Å². The number of likely N-dealkylation sites (tertiary alicyclic amines) is 1. The first-order chi connectivity index (χ1) is 20.0. The van der Waals surface area contributed by atoms with Crippen LogP contribution >= 0.6 is 0 Å². The first kappa shape index (κ1) is 27.4. The standard InChI is InChI=1S/C30H31N5O7/c1-15-28(39)33(3)23-14-21(19(13-24(23)42-15)17-9-11-34(12-10-17)16(2)36)31-20-6-4-5-18-26(20)30(41)35(29(18)40)22-7-8-25(37)32-27(22)38/h4-6,13-15,17,22,31H,7-12H2,1-3H3,(H,32,37,38)/t15-,22-/m0/s1. The third-order valence-corrected chi connectivity index (χ3v) is 8.59. The van der Waals surface area contributed by atoms with Crippen molar-refractivity contribution >= 4 is 52.5 Å². The summed E-state index contributed by atoms with van der Waals surface area (Å²) in [6, 6.07) is 7.53. The Morgan fingerprint density at radius 2 is 1.74 bits per heavy atom. The molecule has 0 saturated carbocycles. The minimum absolute atomic E-state index is 0.0260. The van der Waals surface area contributed by atoms with E-state index in [1.807, 2.05) is 17.0 Å². The predicted octanol–water partition coefficient (Wildman–Crippen LogP) is 2.30. The lowest BCUT2D eigenvalue weighted by molar-refractivity contribution is -0.136. The number of nitrogens with one attached hydrogen (secondary N) is 2. The molecule has 2 atom stereocenters. The lowest BCUT2D eigenvalue weighted by atomic mass is 9.87. The van der Waals surface area contributed by atoms with E-state index in [1.165, 1.54) is 4.90 Å². The highest BCUT2D eigenvalue weighted by Crippen LogP contribution is 2.44. The van der Waals surface area contributed by atoms with Crippen LogP contribution in [0.25, 0.3) is 0 Å². The monoisotopic (exact) mass is 573 g/mol. The lowest BCUT2D eigenvalue weighted by Gasteiger charge is -2.35. The summed E-state index contributed by atoms with van der Waals surface area (Å²) >= 11 is 0. The first-order valence-corrected chi connectivity index (χ1v) is 14.0. The molecule has 4 aliphatic rings. The van der Waals surface area contributed by atoms with E-state index in [1.54, 1.807) is 39.1 Å². The Labute approximate surface area is 241 Å².